The molecule has 0 aliphatic rings. The fourth-order valence-corrected chi connectivity index (χ4v) is 2.95. The topological polar surface area (TPSA) is 76.7 Å². The van der Waals surface area contributed by atoms with E-state index in [4.69, 9.17) is 9.47 Å². The standard InChI is InChI=1S/C22H28N2O4/c1-14(2)17-8-6-7-15(3)20(17)24-22(26)21(25)23-12-11-16-9-10-18(27-4)19(13-16)28-5/h6-10,13-14H,11-12H2,1-5H3,(H,23,25)(H,24,26). The number of aryl methyl sites for hydroxylation is 1. The predicted molar refractivity (Wildman–Crippen MR) is 110 cm³/mol. The Morgan fingerprint density at radius 1 is 1.00 bits per heavy atom. The van der Waals surface area contributed by atoms with Crippen molar-refractivity contribution in [1.29, 1.82) is 0 Å². The molecule has 0 spiro atoms. The molecule has 6 heteroatoms. The quantitative estimate of drug-likeness (QED) is 0.717. The van der Waals surface area contributed by atoms with Crippen molar-refractivity contribution < 1.29 is 19.1 Å². The molecule has 28 heavy (non-hydrogen) atoms. The SMILES string of the molecule is COc1ccc(CCNC(=O)C(=O)Nc2c(C)cccc2C(C)C)cc1OC. The maximum absolute atomic E-state index is 12.3. The first-order valence-corrected chi connectivity index (χ1v) is 9.27. The number of rotatable bonds is 7. The number of carbonyl (C=O) groups is 2. The van der Waals surface area contributed by atoms with Crippen LogP contribution in [0.5, 0.6) is 11.5 Å². The summed E-state index contributed by atoms with van der Waals surface area (Å²) in [6, 6.07) is 11.4. The molecular formula is C22H28N2O4. The van der Waals surface area contributed by atoms with Crippen LogP contribution in [0.3, 0.4) is 0 Å². The Morgan fingerprint density at radius 2 is 1.71 bits per heavy atom. The van der Waals surface area contributed by atoms with Gasteiger partial charge in [0.05, 0.1) is 14.2 Å². The molecule has 0 unspecified atom stereocenters. The summed E-state index contributed by atoms with van der Waals surface area (Å²) in [5.41, 5.74) is 3.61. The Labute approximate surface area is 166 Å². The zero-order chi connectivity index (χ0) is 20.7. The van der Waals surface area contributed by atoms with E-state index in [9.17, 15) is 9.59 Å². The van der Waals surface area contributed by atoms with Gasteiger partial charge in [0.15, 0.2) is 11.5 Å². The number of benzene rings is 2. The number of para-hydroxylation sites is 1. The van der Waals surface area contributed by atoms with Crippen LogP contribution in [0.2, 0.25) is 0 Å². The molecule has 0 aliphatic heterocycles. The Balaban J connectivity index is 1.95. The zero-order valence-corrected chi connectivity index (χ0v) is 17.1. The molecule has 0 saturated carbocycles. The Kier molecular flexibility index (Phi) is 7.44. The van der Waals surface area contributed by atoms with E-state index < -0.39 is 11.8 Å². The summed E-state index contributed by atoms with van der Waals surface area (Å²) < 4.78 is 10.5. The van der Waals surface area contributed by atoms with Crippen molar-refractivity contribution in [2.75, 3.05) is 26.1 Å². The molecule has 2 aromatic carbocycles. The van der Waals surface area contributed by atoms with E-state index in [-0.39, 0.29) is 5.92 Å². The summed E-state index contributed by atoms with van der Waals surface area (Å²) in [6.07, 6.45) is 0.570. The first-order chi connectivity index (χ1) is 13.4. The van der Waals surface area contributed by atoms with E-state index in [1.165, 1.54) is 0 Å². The van der Waals surface area contributed by atoms with Crippen LogP contribution < -0.4 is 20.1 Å². The average Bonchev–Trinajstić information content (AvgIpc) is 2.68. The molecular weight excluding hydrogens is 356 g/mol. The number of nitrogens with one attached hydrogen (secondary N) is 2. The van der Waals surface area contributed by atoms with E-state index in [1.54, 1.807) is 14.2 Å². The molecule has 0 atom stereocenters. The number of carbonyl (C=O) groups excluding carboxylic acids is 2. The van der Waals surface area contributed by atoms with E-state index in [0.29, 0.717) is 30.2 Å². The molecule has 2 aromatic rings. The van der Waals surface area contributed by atoms with Crippen LogP contribution in [0.1, 0.15) is 36.5 Å². The van der Waals surface area contributed by atoms with Crippen molar-refractivity contribution in [3.63, 3.8) is 0 Å². The molecule has 0 aromatic heterocycles. The summed E-state index contributed by atoms with van der Waals surface area (Å²) in [4.78, 5) is 24.5. The van der Waals surface area contributed by atoms with Crippen LogP contribution in [0, 0.1) is 6.92 Å². The predicted octanol–water partition coefficient (Wildman–Crippen LogP) is 3.43. The molecule has 6 nitrogen and oxygen atoms in total. The van der Waals surface area contributed by atoms with Crippen LogP contribution >= 0.6 is 0 Å². The zero-order valence-electron chi connectivity index (χ0n) is 17.1. The first kappa shape index (κ1) is 21.3. The van der Waals surface area contributed by atoms with Crippen LogP contribution in [0.15, 0.2) is 36.4 Å². The fourth-order valence-electron chi connectivity index (χ4n) is 2.95. The summed E-state index contributed by atoms with van der Waals surface area (Å²) in [7, 11) is 3.15. The minimum atomic E-state index is -0.663. The van der Waals surface area contributed by atoms with E-state index in [1.807, 2.05) is 57.2 Å². The molecule has 0 saturated heterocycles. The lowest BCUT2D eigenvalue weighted by atomic mass is 9.98. The largest absolute Gasteiger partial charge is 0.493 e. The van der Waals surface area contributed by atoms with Gasteiger partial charge in [0.25, 0.3) is 0 Å². The highest BCUT2D eigenvalue weighted by molar-refractivity contribution is 6.39. The summed E-state index contributed by atoms with van der Waals surface area (Å²) in [6.45, 7) is 6.35. The molecule has 0 bridgehead atoms. The molecule has 2 rings (SSSR count). The second-order valence-electron chi connectivity index (χ2n) is 6.84. The highest BCUT2D eigenvalue weighted by Crippen LogP contribution is 2.28. The summed E-state index contributed by atoms with van der Waals surface area (Å²) in [5.74, 6) is 0.198. The number of amides is 2. The molecule has 2 amide bonds. The van der Waals surface area contributed by atoms with Crippen LogP contribution in [-0.2, 0) is 16.0 Å². The molecule has 150 valence electrons. The monoisotopic (exact) mass is 384 g/mol. The number of hydrogen-bond acceptors (Lipinski definition) is 4. The van der Waals surface area contributed by atoms with Gasteiger partial charge in [-0.2, -0.15) is 0 Å². The third-order valence-corrected chi connectivity index (χ3v) is 4.52. The molecule has 2 N–H and O–H groups in total. The second-order valence-corrected chi connectivity index (χ2v) is 6.84. The summed E-state index contributed by atoms with van der Waals surface area (Å²) >= 11 is 0. The lowest BCUT2D eigenvalue weighted by molar-refractivity contribution is -0.136. The first-order valence-electron chi connectivity index (χ1n) is 9.27. The third-order valence-electron chi connectivity index (χ3n) is 4.52. The van der Waals surface area contributed by atoms with Crippen LogP contribution in [-0.4, -0.2) is 32.6 Å². The number of hydrogen-bond donors (Lipinski definition) is 2. The van der Waals surface area contributed by atoms with Gasteiger partial charge in [0, 0.05) is 12.2 Å². The van der Waals surface area contributed by atoms with Gasteiger partial charge in [-0.3, -0.25) is 9.59 Å². The normalized spacial score (nSPS) is 10.5. The maximum Gasteiger partial charge on any atom is 0.313 e. The maximum atomic E-state index is 12.3. The van der Waals surface area contributed by atoms with Gasteiger partial charge < -0.3 is 20.1 Å². The Morgan fingerprint density at radius 3 is 2.36 bits per heavy atom. The number of ether oxygens (including phenoxy) is 2. The Hall–Kier alpha value is -3.02. The van der Waals surface area contributed by atoms with Crippen molar-refractivity contribution in [3.8, 4) is 11.5 Å². The molecule has 0 fully saturated rings. The Bertz CT molecular complexity index is 846. The number of methoxy groups -OCH3 is 2. The molecule has 0 heterocycles. The minimum absolute atomic E-state index is 0.239. The molecule has 0 aliphatic carbocycles. The van der Waals surface area contributed by atoms with Gasteiger partial charge >= 0.3 is 11.8 Å². The minimum Gasteiger partial charge on any atom is -0.493 e. The van der Waals surface area contributed by atoms with E-state index in [2.05, 4.69) is 10.6 Å². The van der Waals surface area contributed by atoms with E-state index in [0.717, 1.165) is 16.7 Å². The van der Waals surface area contributed by atoms with Crippen molar-refractivity contribution >= 4 is 17.5 Å². The van der Waals surface area contributed by atoms with Crippen molar-refractivity contribution in [2.45, 2.75) is 33.1 Å². The van der Waals surface area contributed by atoms with E-state index >= 15 is 0 Å². The average molecular weight is 384 g/mol. The van der Waals surface area contributed by atoms with Gasteiger partial charge in [0.1, 0.15) is 0 Å². The third kappa shape index (κ3) is 5.25. The van der Waals surface area contributed by atoms with Crippen molar-refractivity contribution in [1.82, 2.24) is 5.32 Å². The number of anilines is 1. The smallest absolute Gasteiger partial charge is 0.313 e. The van der Waals surface area contributed by atoms with Crippen molar-refractivity contribution in [3.05, 3.63) is 53.1 Å². The fraction of sp³-hybridized carbons (Fsp3) is 0.364. The lowest BCUT2D eigenvalue weighted by Gasteiger charge is -2.16. The van der Waals surface area contributed by atoms with Gasteiger partial charge in [-0.1, -0.05) is 38.1 Å². The lowest BCUT2D eigenvalue weighted by Crippen LogP contribution is -2.36. The van der Waals surface area contributed by atoms with Crippen LogP contribution in [0.25, 0.3) is 0 Å². The van der Waals surface area contributed by atoms with Gasteiger partial charge in [-0.15, -0.1) is 0 Å². The van der Waals surface area contributed by atoms with Crippen LogP contribution in [0.4, 0.5) is 5.69 Å². The highest BCUT2D eigenvalue weighted by Gasteiger charge is 2.17. The highest BCUT2D eigenvalue weighted by atomic mass is 16.5. The van der Waals surface area contributed by atoms with Crippen molar-refractivity contribution in [2.24, 2.45) is 0 Å². The van der Waals surface area contributed by atoms with Gasteiger partial charge in [-0.25, -0.2) is 0 Å². The van der Waals surface area contributed by atoms with Gasteiger partial charge in [0.2, 0.25) is 0 Å². The van der Waals surface area contributed by atoms with Gasteiger partial charge in [-0.05, 0) is 48.1 Å². The molecule has 0 radical (unpaired) electrons. The second kappa shape index (κ2) is 9.78. The summed E-state index contributed by atoms with van der Waals surface area (Å²) in [5, 5.41) is 5.42.